The van der Waals surface area contributed by atoms with Gasteiger partial charge in [0.25, 0.3) is 0 Å². The Bertz CT molecular complexity index is 563. The molecule has 0 bridgehead atoms. The van der Waals surface area contributed by atoms with Gasteiger partial charge in [-0.2, -0.15) is 0 Å². The SMILES string of the molecule is C[C@H](NC1CCCc2occc21)c1ccccc1Br. The standard InChI is InChI=1S/C16H18BrNO/c1-11(12-5-2-3-6-14(12)17)18-15-7-4-8-16-13(15)9-10-19-16/h2-3,5-6,9-11,15,18H,4,7-8H2,1H3/t11-,15?/m0/s1. The Balaban J connectivity index is 1.78. The lowest BCUT2D eigenvalue weighted by Gasteiger charge is -2.27. The van der Waals surface area contributed by atoms with E-state index in [0.717, 1.165) is 12.2 Å². The monoisotopic (exact) mass is 319 g/mol. The van der Waals surface area contributed by atoms with Gasteiger partial charge in [-0.25, -0.2) is 0 Å². The first kappa shape index (κ1) is 12.9. The maximum absolute atomic E-state index is 5.55. The smallest absolute Gasteiger partial charge is 0.108 e. The van der Waals surface area contributed by atoms with Crippen molar-refractivity contribution in [3.05, 3.63) is 58.0 Å². The van der Waals surface area contributed by atoms with Gasteiger partial charge in [0, 0.05) is 28.5 Å². The van der Waals surface area contributed by atoms with E-state index in [1.807, 2.05) is 6.26 Å². The summed E-state index contributed by atoms with van der Waals surface area (Å²) in [6.45, 7) is 2.22. The molecule has 1 aromatic carbocycles. The normalized spacial score (nSPS) is 20.0. The average Bonchev–Trinajstić information content (AvgIpc) is 2.88. The zero-order chi connectivity index (χ0) is 13.2. The number of fused-ring (bicyclic) bond motifs is 1. The van der Waals surface area contributed by atoms with Crippen LogP contribution in [0, 0.1) is 0 Å². The fourth-order valence-corrected chi connectivity index (χ4v) is 3.51. The van der Waals surface area contributed by atoms with Crippen LogP contribution in [0.5, 0.6) is 0 Å². The summed E-state index contributed by atoms with van der Waals surface area (Å²) in [7, 11) is 0. The fraction of sp³-hybridized carbons (Fsp3) is 0.375. The molecule has 2 atom stereocenters. The van der Waals surface area contributed by atoms with Crippen LogP contribution in [0.4, 0.5) is 0 Å². The second-order valence-electron chi connectivity index (χ2n) is 5.15. The van der Waals surface area contributed by atoms with Crippen LogP contribution < -0.4 is 5.32 Å². The van der Waals surface area contributed by atoms with E-state index in [0.29, 0.717) is 12.1 Å². The van der Waals surface area contributed by atoms with Crippen molar-refractivity contribution in [1.82, 2.24) is 5.32 Å². The molecular formula is C16H18BrNO. The van der Waals surface area contributed by atoms with Gasteiger partial charge in [0.2, 0.25) is 0 Å². The summed E-state index contributed by atoms with van der Waals surface area (Å²) in [4.78, 5) is 0. The summed E-state index contributed by atoms with van der Waals surface area (Å²) in [6, 6.07) is 11.2. The minimum atomic E-state index is 0.321. The van der Waals surface area contributed by atoms with Gasteiger partial charge < -0.3 is 9.73 Å². The van der Waals surface area contributed by atoms with Crippen molar-refractivity contribution >= 4 is 15.9 Å². The number of benzene rings is 1. The number of hydrogen-bond acceptors (Lipinski definition) is 2. The van der Waals surface area contributed by atoms with Crippen LogP contribution in [0.1, 0.15) is 48.7 Å². The Labute approximate surface area is 122 Å². The van der Waals surface area contributed by atoms with Gasteiger partial charge >= 0.3 is 0 Å². The number of furan rings is 1. The summed E-state index contributed by atoms with van der Waals surface area (Å²) in [5, 5.41) is 3.73. The van der Waals surface area contributed by atoms with Crippen LogP contribution >= 0.6 is 15.9 Å². The topological polar surface area (TPSA) is 25.2 Å². The molecule has 100 valence electrons. The van der Waals surface area contributed by atoms with Crippen molar-refractivity contribution in [3.8, 4) is 0 Å². The van der Waals surface area contributed by atoms with Gasteiger partial charge in [-0.05, 0) is 37.5 Å². The zero-order valence-corrected chi connectivity index (χ0v) is 12.6. The van der Waals surface area contributed by atoms with Crippen molar-refractivity contribution in [3.63, 3.8) is 0 Å². The van der Waals surface area contributed by atoms with E-state index in [-0.39, 0.29) is 0 Å². The molecule has 0 saturated carbocycles. The lowest BCUT2D eigenvalue weighted by molar-refractivity contribution is 0.385. The van der Waals surface area contributed by atoms with Gasteiger partial charge in [0.05, 0.1) is 6.26 Å². The first-order valence-electron chi connectivity index (χ1n) is 6.82. The maximum atomic E-state index is 5.55. The first-order valence-corrected chi connectivity index (χ1v) is 7.62. The van der Waals surface area contributed by atoms with E-state index >= 15 is 0 Å². The van der Waals surface area contributed by atoms with Crippen LogP contribution in [0.15, 0.2) is 45.5 Å². The van der Waals surface area contributed by atoms with E-state index in [1.54, 1.807) is 0 Å². The summed E-state index contributed by atoms with van der Waals surface area (Å²) < 4.78 is 6.71. The van der Waals surface area contributed by atoms with Crippen LogP contribution in [0.2, 0.25) is 0 Å². The number of aryl methyl sites for hydroxylation is 1. The van der Waals surface area contributed by atoms with Crippen LogP contribution in [0.3, 0.4) is 0 Å². The maximum Gasteiger partial charge on any atom is 0.108 e. The largest absolute Gasteiger partial charge is 0.469 e. The molecule has 0 amide bonds. The number of nitrogens with one attached hydrogen (secondary N) is 1. The van der Waals surface area contributed by atoms with Crippen molar-refractivity contribution in [2.45, 2.75) is 38.3 Å². The molecule has 0 aliphatic heterocycles. The van der Waals surface area contributed by atoms with Gasteiger partial charge in [0.15, 0.2) is 0 Å². The van der Waals surface area contributed by atoms with Crippen LogP contribution in [-0.4, -0.2) is 0 Å². The summed E-state index contributed by atoms with van der Waals surface area (Å²) in [6.07, 6.45) is 5.26. The molecule has 0 fully saturated rings. The fourth-order valence-electron chi connectivity index (χ4n) is 2.88. The molecule has 1 heterocycles. The van der Waals surface area contributed by atoms with E-state index < -0.39 is 0 Å². The molecule has 2 nitrogen and oxygen atoms in total. The quantitative estimate of drug-likeness (QED) is 0.881. The van der Waals surface area contributed by atoms with E-state index in [2.05, 4.69) is 58.5 Å². The highest BCUT2D eigenvalue weighted by atomic mass is 79.9. The highest BCUT2D eigenvalue weighted by Crippen LogP contribution is 2.33. The van der Waals surface area contributed by atoms with Crippen molar-refractivity contribution in [2.75, 3.05) is 0 Å². The molecule has 0 radical (unpaired) electrons. The van der Waals surface area contributed by atoms with E-state index in [4.69, 9.17) is 4.42 Å². The third-order valence-electron chi connectivity index (χ3n) is 3.87. The minimum Gasteiger partial charge on any atom is -0.469 e. The highest BCUT2D eigenvalue weighted by Gasteiger charge is 2.24. The average molecular weight is 320 g/mol. The Morgan fingerprint density at radius 1 is 1.32 bits per heavy atom. The van der Waals surface area contributed by atoms with Crippen LogP contribution in [0.25, 0.3) is 0 Å². The zero-order valence-electron chi connectivity index (χ0n) is 11.0. The second kappa shape index (κ2) is 5.51. The molecule has 2 aromatic rings. The molecule has 1 aliphatic rings. The number of rotatable bonds is 3. The Morgan fingerprint density at radius 3 is 3.00 bits per heavy atom. The molecule has 3 rings (SSSR count). The van der Waals surface area contributed by atoms with Crippen LogP contribution in [-0.2, 0) is 6.42 Å². The second-order valence-corrected chi connectivity index (χ2v) is 6.01. The first-order chi connectivity index (χ1) is 9.25. The van der Waals surface area contributed by atoms with Gasteiger partial charge in [0.1, 0.15) is 5.76 Å². The van der Waals surface area contributed by atoms with Crippen molar-refractivity contribution in [1.29, 1.82) is 0 Å². The molecule has 19 heavy (non-hydrogen) atoms. The van der Waals surface area contributed by atoms with E-state index in [1.165, 1.54) is 28.4 Å². The molecule has 0 spiro atoms. The summed E-state index contributed by atoms with van der Waals surface area (Å²) in [5.74, 6) is 1.16. The Morgan fingerprint density at radius 2 is 2.16 bits per heavy atom. The van der Waals surface area contributed by atoms with Crippen molar-refractivity contribution < 1.29 is 4.42 Å². The number of halogens is 1. The van der Waals surface area contributed by atoms with Crippen molar-refractivity contribution in [2.24, 2.45) is 0 Å². The molecule has 1 aliphatic carbocycles. The lowest BCUT2D eigenvalue weighted by Crippen LogP contribution is -2.27. The van der Waals surface area contributed by atoms with Gasteiger partial charge in [-0.1, -0.05) is 34.1 Å². The molecule has 1 unspecified atom stereocenters. The summed E-state index contributed by atoms with van der Waals surface area (Å²) >= 11 is 3.63. The molecular weight excluding hydrogens is 302 g/mol. The molecule has 0 saturated heterocycles. The predicted octanol–water partition coefficient (Wildman–Crippen LogP) is 4.77. The minimum absolute atomic E-state index is 0.321. The third kappa shape index (κ3) is 2.63. The Hall–Kier alpha value is -1.06. The van der Waals surface area contributed by atoms with Gasteiger partial charge in [-0.15, -0.1) is 0 Å². The van der Waals surface area contributed by atoms with Gasteiger partial charge in [-0.3, -0.25) is 0 Å². The Kier molecular flexibility index (Phi) is 3.76. The summed E-state index contributed by atoms with van der Waals surface area (Å²) in [5.41, 5.74) is 2.64. The predicted molar refractivity (Wildman–Crippen MR) is 80.1 cm³/mol. The highest BCUT2D eigenvalue weighted by molar-refractivity contribution is 9.10. The van der Waals surface area contributed by atoms with E-state index in [9.17, 15) is 0 Å². The molecule has 1 N–H and O–H groups in total. The lowest BCUT2D eigenvalue weighted by atomic mass is 9.92. The number of hydrogen-bond donors (Lipinski definition) is 1. The third-order valence-corrected chi connectivity index (χ3v) is 4.60. The molecule has 1 aromatic heterocycles. The molecule has 3 heteroatoms.